The highest BCUT2D eigenvalue weighted by Gasteiger charge is 2.42. The molecule has 4 rings (SSSR count). The molecule has 1 aliphatic rings. The zero-order valence-corrected chi connectivity index (χ0v) is 16.1. The molecule has 0 spiro atoms. The van der Waals surface area contributed by atoms with Gasteiger partial charge >= 0.3 is 0 Å². The highest BCUT2D eigenvalue weighted by atomic mass is 35.5. The Morgan fingerprint density at radius 3 is 2.96 bits per heavy atom. The van der Waals surface area contributed by atoms with Gasteiger partial charge in [-0.15, -0.1) is 0 Å². The lowest BCUT2D eigenvalue weighted by Crippen LogP contribution is -2.52. The number of hydrogen-bond acceptors (Lipinski definition) is 6. The summed E-state index contributed by atoms with van der Waals surface area (Å²) in [6.45, 7) is 2.61. The SMILES string of the molecule is CC(=O)N[C@]1(COCc2ccccc2)CO[C@H](n2cnc3c(Cl)ncnc32)C1. The van der Waals surface area contributed by atoms with Gasteiger partial charge in [0.25, 0.3) is 0 Å². The number of fused-ring (bicyclic) bond motifs is 1. The van der Waals surface area contributed by atoms with E-state index in [9.17, 15) is 4.79 Å². The maximum absolute atomic E-state index is 11.8. The Labute approximate surface area is 166 Å². The smallest absolute Gasteiger partial charge is 0.217 e. The molecule has 146 valence electrons. The molecule has 0 aliphatic carbocycles. The molecule has 3 heterocycles. The average molecular weight is 402 g/mol. The van der Waals surface area contributed by atoms with Crippen molar-refractivity contribution in [1.29, 1.82) is 0 Å². The number of nitrogens with zero attached hydrogens (tertiary/aromatic N) is 4. The van der Waals surface area contributed by atoms with Crippen LogP contribution in [0.15, 0.2) is 43.0 Å². The minimum Gasteiger partial charge on any atom is -0.374 e. The van der Waals surface area contributed by atoms with Crippen LogP contribution in [0.1, 0.15) is 25.1 Å². The summed E-state index contributed by atoms with van der Waals surface area (Å²) in [7, 11) is 0. The molecule has 1 fully saturated rings. The molecule has 1 aliphatic heterocycles. The molecule has 1 amide bonds. The van der Waals surface area contributed by atoms with Crippen LogP contribution >= 0.6 is 11.6 Å². The van der Waals surface area contributed by atoms with Crippen molar-refractivity contribution in [2.75, 3.05) is 13.2 Å². The van der Waals surface area contributed by atoms with E-state index < -0.39 is 5.54 Å². The first-order valence-electron chi connectivity index (χ1n) is 8.91. The lowest BCUT2D eigenvalue weighted by atomic mass is 9.98. The predicted octanol–water partition coefficient (Wildman–Crippen LogP) is 2.49. The van der Waals surface area contributed by atoms with E-state index in [0.29, 0.717) is 42.6 Å². The topological polar surface area (TPSA) is 91.2 Å². The number of benzene rings is 1. The van der Waals surface area contributed by atoms with Crippen LogP contribution in [0.3, 0.4) is 0 Å². The van der Waals surface area contributed by atoms with Crippen LogP contribution in [0.5, 0.6) is 0 Å². The van der Waals surface area contributed by atoms with Crippen molar-refractivity contribution in [3.05, 3.63) is 53.7 Å². The molecule has 0 unspecified atom stereocenters. The number of hydrogen-bond donors (Lipinski definition) is 1. The maximum Gasteiger partial charge on any atom is 0.217 e. The fourth-order valence-electron chi connectivity index (χ4n) is 3.46. The van der Waals surface area contributed by atoms with Gasteiger partial charge in [0.15, 0.2) is 10.8 Å². The Hall–Kier alpha value is -2.55. The van der Waals surface area contributed by atoms with Gasteiger partial charge in [-0.25, -0.2) is 15.0 Å². The van der Waals surface area contributed by atoms with Crippen molar-refractivity contribution in [2.24, 2.45) is 0 Å². The van der Waals surface area contributed by atoms with E-state index in [2.05, 4.69) is 20.3 Å². The van der Waals surface area contributed by atoms with E-state index in [1.807, 2.05) is 34.9 Å². The van der Waals surface area contributed by atoms with E-state index >= 15 is 0 Å². The molecule has 3 aromatic rings. The third kappa shape index (κ3) is 3.84. The van der Waals surface area contributed by atoms with Crippen LogP contribution in [0.25, 0.3) is 11.2 Å². The molecule has 1 N–H and O–H groups in total. The van der Waals surface area contributed by atoms with Crippen molar-refractivity contribution in [3.8, 4) is 0 Å². The van der Waals surface area contributed by atoms with Crippen LogP contribution in [-0.2, 0) is 20.9 Å². The van der Waals surface area contributed by atoms with E-state index in [0.717, 1.165) is 5.56 Å². The van der Waals surface area contributed by atoms with E-state index in [1.54, 1.807) is 6.33 Å². The number of carbonyl (C=O) groups is 1. The molecule has 28 heavy (non-hydrogen) atoms. The third-order valence-electron chi connectivity index (χ3n) is 4.67. The van der Waals surface area contributed by atoms with Gasteiger partial charge in [0, 0.05) is 13.3 Å². The summed E-state index contributed by atoms with van der Waals surface area (Å²) in [5, 5.41) is 3.30. The summed E-state index contributed by atoms with van der Waals surface area (Å²) in [6.07, 6.45) is 3.20. The Bertz CT molecular complexity index is 980. The monoisotopic (exact) mass is 401 g/mol. The molecule has 0 saturated carbocycles. The zero-order chi connectivity index (χ0) is 19.6. The van der Waals surface area contributed by atoms with Crippen LogP contribution in [0, 0.1) is 0 Å². The normalized spacial score (nSPS) is 21.9. The van der Waals surface area contributed by atoms with E-state index in [-0.39, 0.29) is 12.1 Å². The van der Waals surface area contributed by atoms with Crippen LogP contribution < -0.4 is 5.32 Å². The summed E-state index contributed by atoms with van der Waals surface area (Å²) < 4.78 is 13.7. The second-order valence-corrected chi connectivity index (χ2v) is 7.26. The largest absolute Gasteiger partial charge is 0.374 e. The Morgan fingerprint density at radius 2 is 2.18 bits per heavy atom. The number of nitrogens with one attached hydrogen (secondary N) is 1. The minimum absolute atomic E-state index is 0.131. The van der Waals surface area contributed by atoms with Crippen LogP contribution in [0.2, 0.25) is 5.15 Å². The van der Waals surface area contributed by atoms with E-state index in [4.69, 9.17) is 21.1 Å². The number of aromatic nitrogens is 4. The van der Waals surface area contributed by atoms with Crippen molar-refractivity contribution in [3.63, 3.8) is 0 Å². The predicted molar refractivity (Wildman–Crippen MR) is 103 cm³/mol. The number of carbonyl (C=O) groups excluding carboxylic acids is 1. The zero-order valence-electron chi connectivity index (χ0n) is 15.3. The van der Waals surface area contributed by atoms with Gasteiger partial charge in [-0.2, -0.15) is 0 Å². The first kappa shape index (κ1) is 18.8. The molecule has 2 aromatic heterocycles. The average Bonchev–Trinajstić information content (AvgIpc) is 3.27. The van der Waals surface area contributed by atoms with Crippen molar-refractivity contribution in [2.45, 2.75) is 31.7 Å². The molecule has 1 saturated heterocycles. The van der Waals surface area contributed by atoms with Crippen molar-refractivity contribution < 1.29 is 14.3 Å². The number of ether oxygens (including phenoxy) is 2. The molecule has 1 aromatic carbocycles. The molecule has 8 nitrogen and oxygen atoms in total. The lowest BCUT2D eigenvalue weighted by molar-refractivity contribution is -0.122. The van der Waals surface area contributed by atoms with E-state index in [1.165, 1.54) is 13.3 Å². The minimum atomic E-state index is -0.626. The summed E-state index contributed by atoms with van der Waals surface area (Å²) >= 11 is 6.08. The van der Waals surface area contributed by atoms with Gasteiger partial charge in [0.2, 0.25) is 5.91 Å². The first-order valence-corrected chi connectivity index (χ1v) is 9.29. The maximum atomic E-state index is 11.8. The second kappa shape index (κ2) is 7.83. The molecule has 0 bridgehead atoms. The summed E-state index contributed by atoms with van der Waals surface area (Å²) in [4.78, 5) is 24.3. The number of amides is 1. The number of halogens is 1. The highest BCUT2D eigenvalue weighted by molar-refractivity contribution is 6.33. The van der Waals surface area contributed by atoms with Gasteiger partial charge in [0.1, 0.15) is 18.1 Å². The van der Waals surface area contributed by atoms with Gasteiger partial charge in [0.05, 0.1) is 31.7 Å². The van der Waals surface area contributed by atoms with Crippen molar-refractivity contribution >= 4 is 28.7 Å². The van der Waals surface area contributed by atoms with Crippen LogP contribution in [-0.4, -0.2) is 44.2 Å². The number of rotatable bonds is 6. The lowest BCUT2D eigenvalue weighted by Gasteiger charge is -2.28. The second-order valence-electron chi connectivity index (χ2n) is 6.90. The molecular weight excluding hydrogens is 382 g/mol. The fraction of sp³-hybridized carbons (Fsp3) is 0.368. The highest BCUT2D eigenvalue weighted by Crippen LogP contribution is 2.34. The third-order valence-corrected chi connectivity index (χ3v) is 4.95. The quantitative estimate of drug-likeness (QED) is 0.638. The Kier molecular flexibility index (Phi) is 5.25. The van der Waals surface area contributed by atoms with Gasteiger partial charge < -0.3 is 14.8 Å². The molecule has 9 heteroatoms. The fourth-order valence-corrected chi connectivity index (χ4v) is 3.63. The number of imidazole rings is 1. The molecule has 2 atom stereocenters. The van der Waals surface area contributed by atoms with Gasteiger partial charge in [-0.1, -0.05) is 41.9 Å². The van der Waals surface area contributed by atoms with Gasteiger partial charge in [-0.05, 0) is 5.56 Å². The summed E-state index contributed by atoms with van der Waals surface area (Å²) in [6, 6.07) is 9.89. The Morgan fingerprint density at radius 1 is 1.36 bits per heavy atom. The van der Waals surface area contributed by atoms with Gasteiger partial charge in [-0.3, -0.25) is 9.36 Å². The standard InChI is InChI=1S/C19H20ClN5O3/c1-13(26)24-19(9-27-8-14-5-3-2-4-6-14)7-15(28-10-19)25-12-23-16-17(20)21-11-22-18(16)25/h2-6,11-12,15H,7-10H2,1H3,(H,24,26)/t15-,19+/m0/s1. The summed E-state index contributed by atoms with van der Waals surface area (Å²) in [5.41, 5.74) is 1.56. The Balaban J connectivity index is 1.50. The van der Waals surface area contributed by atoms with Crippen molar-refractivity contribution in [1.82, 2.24) is 24.8 Å². The molecule has 0 radical (unpaired) electrons. The molecular formula is C19H20ClN5O3. The first-order chi connectivity index (χ1) is 13.6. The summed E-state index contributed by atoms with van der Waals surface area (Å²) in [5.74, 6) is -0.131. The van der Waals surface area contributed by atoms with Crippen LogP contribution in [0.4, 0.5) is 0 Å².